The molecule has 1 aromatic carbocycles. The van der Waals surface area contributed by atoms with Crippen molar-refractivity contribution in [2.24, 2.45) is 17.3 Å². The van der Waals surface area contributed by atoms with E-state index in [1.54, 1.807) is 23.1 Å². The van der Waals surface area contributed by atoms with Crippen LogP contribution >= 0.6 is 23.1 Å². The summed E-state index contributed by atoms with van der Waals surface area (Å²) >= 11 is 3.46. The van der Waals surface area contributed by atoms with E-state index in [1.807, 2.05) is 34.9 Å². The first-order chi connectivity index (χ1) is 14.3. The third kappa shape index (κ3) is 4.24. The second-order valence-corrected chi connectivity index (χ2v) is 12.0. The Morgan fingerprint density at radius 3 is 2.63 bits per heavy atom. The predicted molar refractivity (Wildman–Crippen MR) is 130 cm³/mol. The Hall–Kier alpha value is -1.59. The number of aryl methyl sites for hydroxylation is 1. The number of para-hydroxylation sites is 1. The molecule has 0 saturated heterocycles. The average Bonchev–Trinajstić information content (AvgIpc) is 3.05. The molecule has 0 unspecified atom stereocenters. The van der Waals surface area contributed by atoms with E-state index in [-0.39, 0.29) is 5.56 Å². The third-order valence-corrected chi connectivity index (χ3v) is 8.34. The van der Waals surface area contributed by atoms with Crippen LogP contribution in [0.3, 0.4) is 0 Å². The highest BCUT2D eigenvalue weighted by Gasteiger charge is 2.32. The van der Waals surface area contributed by atoms with Gasteiger partial charge in [-0.05, 0) is 60.6 Å². The van der Waals surface area contributed by atoms with Gasteiger partial charge >= 0.3 is 0 Å². The van der Waals surface area contributed by atoms with Crippen LogP contribution in [-0.4, -0.2) is 15.3 Å². The van der Waals surface area contributed by atoms with E-state index >= 15 is 0 Å². The van der Waals surface area contributed by atoms with Gasteiger partial charge in [-0.25, -0.2) is 4.98 Å². The van der Waals surface area contributed by atoms with E-state index in [0.29, 0.717) is 17.3 Å². The van der Waals surface area contributed by atoms with Gasteiger partial charge in [-0.15, -0.1) is 11.3 Å². The van der Waals surface area contributed by atoms with Gasteiger partial charge in [0.25, 0.3) is 5.56 Å². The van der Waals surface area contributed by atoms with Gasteiger partial charge in [0.05, 0.1) is 11.1 Å². The number of benzene rings is 1. The number of hydrogen-bond donors (Lipinski definition) is 0. The maximum absolute atomic E-state index is 13.8. The molecule has 0 fully saturated rings. The van der Waals surface area contributed by atoms with Crippen molar-refractivity contribution in [3.63, 3.8) is 0 Å². The van der Waals surface area contributed by atoms with Crippen molar-refractivity contribution in [1.29, 1.82) is 0 Å². The molecule has 0 amide bonds. The van der Waals surface area contributed by atoms with Gasteiger partial charge in [0.15, 0.2) is 5.16 Å². The quantitative estimate of drug-likeness (QED) is 0.326. The zero-order chi connectivity index (χ0) is 21.5. The number of fused-ring (bicyclic) bond motifs is 3. The molecule has 0 bridgehead atoms. The van der Waals surface area contributed by atoms with Gasteiger partial charge in [-0.3, -0.25) is 9.36 Å². The van der Waals surface area contributed by atoms with E-state index in [4.69, 9.17) is 4.98 Å². The molecule has 2 heterocycles. The summed E-state index contributed by atoms with van der Waals surface area (Å²) in [5.41, 5.74) is 2.57. The molecule has 1 aliphatic rings. The zero-order valence-electron chi connectivity index (χ0n) is 18.7. The molecule has 30 heavy (non-hydrogen) atoms. The first-order valence-corrected chi connectivity index (χ1v) is 12.8. The Bertz CT molecular complexity index is 1090. The molecular weight excluding hydrogens is 408 g/mol. The molecule has 1 aliphatic carbocycles. The van der Waals surface area contributed by atoms with Crippen LogP contribution in [0, 0.1) is 17.3 Å². The standard InChI is InChI=1S/C25H32N2OS2/c1-16(2)13-14-29-24-26-22-21(23(28)27(24)18-9-7-6-8-10-18)19-12-11-17(25(3,4)5)15-20(19)30-22/h6-10,16-17H,11-15H2,1-5H3/t17-/m0/s1. The van der Waals surface area contributed by atoms with Crippen LogP contribution in [0.25, 0.3) is 15.9 Å². The first-order valence-electron chi connectivity index (χ1n) is 11.0. The fourth-order valence-electron chi connectivity index (χ4n) is 4.23. The predicted octanol–water partition coefficient (Wildman–Crippen LogP) is 6.74. The summed E-state index contributed by atoms with van der Waals surface area (Å²) in [4.78, 5) is 21.1. The average molecular weight is 441 g/mol. The summed E-state index contributed by atoms with van der Waals surface area (Å²) in [6, 6.07) is 9.99. The topological polar surface area (TPSA) is 34.9 Å². The summed E-state index contributed by atoms with van der Waals surface area (Å²) in [6.45, 7) is 11.5. The summed E-state index contributed by atoms with van der Waals surface area (Å²) in [7, 11) is 0. The third-order valence-electron chi connectivity index (χ3n) is 6.22. The van der Waals surface area contributed by atoms with Gasteiger partial charge in [0.1, 0.15) is 4.83 Å². The minimum atomic E-state index is 0.102. The zero-order valence-corrected chi connectivity index (χ0v) is 20.3. The van der Waals surface area contributed by atoms with E-state index in [0.717, 1.165) is 52.5 Å². The summed E-state index contributed by atoms with van der Waals surface area (Å²) in [5.74, 6) is 2.27. The Morgan fingerprint density at radius 1 is 1.23 bits per heavy atom. The van der Waals surface area contributed by atoms with Crippen LogP contribution < -0.4 is 5.56 Å². The van der Waals surface area contributed by atoms with Crippen molar-refractivity contribution < 1.29 is 0 Å². The Balaban J connectivity index is 1.84. The Labute approximate surface area is 187 Å². The summed E-state index contributed by atoms with van der Waals surface area (Å²) < 4.78 is 1.84. The molecule has 3 aromatic rings. The lowest BCUT2D eigenvalue weighted by molar-refractivity contribution is 0.218. The number of nitrogens with zero attached hydrogens (tertiary/aromatic N) is 2. The van der Waals surface area contributed by atoms with Gasteiger partial charge in [-0.2, -0.15) is 0 Å². The second-order valence-electron chi connectivity index (χ2n) is 9.89. The van der Waals surface area contributed by atoms with E-state index in [9.17, 15) is 4.79 Å². The molecule has 0 aliphatic heterocycles. The maximum atomic E-state index is 13.8. The van der Waals surface area contributed by atoms with E-state index < -0.39 is 0 Å². The van der Waals surface area contributed by atoms with Crippen molar-refractivity contribution in [2.75, 3.05) is 5.75 Å². The van der Waals surface area contributed by atoms with Crippen molar-refractivity contribution in [2.45, 2.75) is 65.5 Å². The molecule has 0 N–H and O–H groups in total. The Morgan fingerprint density at radius 2 is 1.97 bits per heavy atom. The molecule has 4 rings (SSSR count). The highest BCUT2D eigenvalue weighted by Crippen LogP contribution is 2.42. The monoisotopic (exact) mass is 440 g/mol. The van der Waals surface area contributed by atoms with Crippen LogP contribution in [0.2, 0.25) is 0 Å². The molecule has 5 heteroatoms. The summed E-state index contributed by atoms with van der Waals surface area (Å²) in [6.07, 6.45) is 4.32. The van der Waals surface area contributed by atoms with Gasteiger partial charge in [0.2, 0.25) is 0 Å². The van der Waals surface area contributed by atoms with Crippen LogP contribution in [0.4, 0.5) is 0 Å². The number of thioether (sulfide) groups is 1. The first kappa shape index (κ1) is 21.6. The number of thiophene rings is 1. The van der Waals surface area contributed by atoms with Crippen LogP contribution in [0.15, 0.2) is 40.3 Å². The molecule has 160 valence electrons. The normalized spacial score (nSPS) is 16.9. The SMILES string of the molecule is CC(C)CCSc1nc2sc3c(c2c(=O)n1-c1ccccc1)CC[C@H](C(C)(C)C)C3. The lowest BCUT2D eigenvalue weighted by Gasteiger charge is -2.33. The van der Waals surface area contributed by atoms with Gasteiger partial charge in [0, 0.05) is 10.6 Å². The fraction of sp³-hybridized carbons (Fsp3) is 0.520. The highest BCUT2D eigenvalue weighted by atomic mass is 32.2. The lowest BCUT2D eigenvalue weighted by Crippen LogP contribution is -2.27. The molecule has 3 nitrogen and oxygen atoms in total. The minimum absolute atomic E-state index is 0.102. The molecule has 0 spiro atoms. The number of hydrogen-bond acceptors (Lipinski definition) is 4. The van der Waals surface area contributed by atoms with E-state index in [2.05, 4.69) is 34.6 Å². The summed E-state index contributed by atoms with van der Waals surface area (Å²) in [5, 5.41) is 1.68. The van der Waals surface area contributed by atoms with Crippen LogP contribution in [0.5, 0.6) is 0 Å². The molecule has 0 radical (unpaired) electrons. The molecule has 1 atom stereocenters. The number of aromatic nitrogens is 2. The largest absolute Gasteiger partial charge is 0.268 e. The van der Waals surface area contributed by atoms with Crippen molar-refractivity contribution in [1.82, 2.24) is 9.55 Å². The minimum Gasteiger partial charge on any atom is -0.268 e. The van der Waals surface area contributed by atoms with Gasteiger partial charge in [-0.1, -0.05) is 64.6 Å². The van der Waals surface area contributed by atoms with Crippen molar-refractivity contribution in [3.05, 3.63) is 51.1 Å². The highest BCUT2D eigenvalue weighted by molar-refractivity contribution is 7.99. The van der Waals surface area contributed by atoms with Crippen molar-refractivity contribution in [3.8, 4) is 5.69 Å². The molecule has 0 saturated carbocycles. The molecule has 2 aromatic heterocycles. The second kappa shape index (κ2) is 8.51. The smallest absolute Gasteiger partial charge is 0.267 e. The van der Waals surface area contributed by atoms with E-state index in [1.165, 1.54) is 10.4 Å². The number of rotatable bonds is 5. The van der Waals surface area contributed by atoms with Crippen molar-refractivity contribution >= 4 is 33.3 Å². The Kier molecular flexibility index (Phi) is 6.13. The molecular formula is C25H32N2OS2. The fourth-order valence-corrected chi connectivity index (χ4v) is 6.83. The maximum Gasteiger partial charge on any atom is 0.267 e. The lowest BCUT2D eigenvalue weighted by atomic mass is 9.72. The van der Waals surface area contributed by atoms with Crippen LogP contribution in [-0.2, 0) is 12.8 Å². The van der Waals surface area contributed by atoms with Crippen LogP contribution in [0.1, 0.15) is 57.9 Å². The van der Waals surface area contributed by atoms with Gasteiger partial charge < -0.3 is 0 Å².